The Bertz CT molecular complexity index is 629. The van der Waals surface area contributed by atoms with Gasteiger partial charge in [0.25, 0.3) is 0 Å². The summed E-state index contributed by atoms with van der Waals surface area (Å²) in [6.45, 7) is 4.27. The molecule has 1 heterocycles. The number of carbonyl (C=O) groups excluding carboxylic acids is 1. The number of H-pyrrole nitrogens is 2. The van der Waals surface area contributed by atoms with E-state index in [1.165, 1.54) is 0 Å². The number of nitrogens with one attached hydrogen (secondary N) is 3. The number of aromatic amines is 2. The van der Waals surface area contributed by atoms with Gasteiger partial charge in [-0.15, -0.1) is 0 Å². The Morgan fingerprint density at radius 3 is 2.84 bits per heavy atom. The molecule has 0 aliphatic heterocycles. The van der Waals surface area contributed by atoms with E-state index in [2.05, 4.69) is 15.3 Å². The Labute approximate surface area is 110 Å². The van der Waals surface area contributed by atoms with Crippen molar-refractivity contribution in [3.05, 3.63) is 34.2 Å². The van der Waals surface area contributed by atoms with Crippen LogP contribution in [0.5, 0.6) is 0 Å². The van der Waals surface area contributed by atoms with E-state index in [4.69, 9.17) is 4.74 Å². The van der Waals surface area contributed by atoms with Crippen LogP contribution in [0, 0.1) is 0 Å². The molecule has 0 saturated heterocycles. The van der Waals surface area contributed by atoms with Gasteiger partial charge in [-0.2, -0.15) is 0 Å². The number of hydrogen-bond donors (Lipinski definition) is 3. The highest BCUT2D eigenvalue weighted by molar-refractivity contribution is 5.75. The molecule has 0 aliphatic carbocycles. The number of ether oxygens (including phenoxy) is 1. The third-order valence-corrected chi connectivity index (χ3v) is 2.90. The molecule has 0 radical (unpaired) electrons. The van der Waals surface area contributed by atoms with E-state index in [0.29, 0.717) is 6.61 Å². The Morgan fingerprint density at radius 1 is 1.37 bits per heavy atom. The van der Waals surface area contributed by atoms with Crippen LogP contribution in [0.3, 0.4) is 0 Å². The molecule has 1 atom stereocenters. The minimum Gasteiger partial charge on any atom is -0.465 e. The second-order valence-corrected chi connectivity index (χ2v) is 4.29. The van der Waals surface area contributed by atoms with Crippen LogP contribution in [0.2, 0.25) is 0 Å². The van der Waals surface area contributed by atoms with Crippen LogP contribution in [0.15, 0.2) is 23.0 Å². The molecular weight excluding hydrogens is 246 g/mol. The maximum Gasteiger partial charge on any atom is 0.323 e. The van der Waals surface area contributed by atoms with Gasteiger partial charge in [-0.05, 0) is 31.5 Å². The summed E-state index contributed by atoms with van der Waals surface area (Å²) in [5.74, 6) is -0.273. The van der Waals surface area contributed by atoms with Gasteiger partial charge in [-0.1, -0.05) is 6.07 Å². The van der Waals surface area contributed by atoms with Gasteiger partial charge < -0.3 is 20.0 Å². The largest absolute Gasteiger partial charge is 0.465 e. The zero-order valence-corrected chi connectivity index (χ0v) is 10.9. The second-order valence-electron chi connectivity index (χ2n) is 4.29. The van der Waals surface area contributed by atoms with E-state index < -0.39 is 0 Å². The smallest absolute Gasteiger partial charge is 0.323 e. The molecule has 0 aliphatic rings. The maximum atomic E-state index is 11.3. The Morgan fingerprint density at radius 2 is 2.11 bits per heavy atom. The van der Waals surface area contributed by atoms with Gasteiger partial charge in [-0.3, -0.25) is 4.79 Å². The monoisotopic (exact) mass is 263 g/mol. The van der Waals surface area contributed by atoms with Crippen molar-refractivity contribution >= 4 is 17.0 Å². The fourth-order valence-corrected chi connectivity index (χ4v) is 1.89. The van der Waals surface area contributed by atoms with E-state index in [1.807, 2.05) is 25.1 Å². The third-order valence-electron chi connectivity index (χ3n) is 2.90. The predicted molar refractivity (Wildman–Crippen MR) is 72.0 cm³/mol. The van der Waals surface area contributed by atoms with Crippen LogP contribution in [0.1, 0.15) is 25.5 Å². The lowest BCUT2D eigenvalue weighted by atomic mass is 10.1. The lowest BCUT2D eigenvalue weighted by Gasteiger charge is -2.13. The van der Waals surface area contributed by atoms with Crippen LogP contribution in [-0.2, 0) is 9.53 Å². The van der Waals surface area contributed by atoms with Gasteiger partial charge in [0.2, 0.25) is 0 Å². The molecule has 1 aromatic carbocycles. The lowest BCUT2D eigenvalue weighted by molar-refractivity contribution is -0.142. The molecule has 1 unspecified atom stereocenters. The summed E-state index contributed by atoms with van der Waals surface area (Å²) in [5, 5.41) is 3.08. The number of aromatic nitrogens is 2. The van der Waals surface area contributed by atoms with Crippen molar-refractivity contribution in [2.75, 3.05) is 13.2 Å². The maximum absolute atomic E-state index is 11.3. The molecule has 3 N–H and O–H groups in total. The normalized spacial score (nSPS) is 12.5. The molecule has 19 heavy (non-hydrogen) atoms. The van der Waals surface area contributed by atoms with Crippen molar-refractivity contribution in [2.45, 2.75) is 19.9 Å². The van der Waals surface area contributed by atoms with Crippen molar-refractivity contribution in [3.63, 3.8) is 0 Å². The summed E-state index contributed by atoms with van der Waals surface area (Å²) in [6, 6.07) is 5.63. The number of imidazole rings is 1. The Kier molecular flexibility index (Phi) is 4.01. The first-order valence-electron chi connectivity index (χ1n) is 6.21. The minimum absolute atomic E-state index is 0.00721. The molecule has 2 aromatic rings. The van der Waals surface area contributed by atoms with E-state index >= 15 is 0 Å². The highest BCUT2D eigenvalue weighted by Crippen LogP contribution is 2.16. The predicted octanol–water partition coefficient (Wildman–Crippen LogP) is 1.07. The summed E-state index contributed by atoms with van der Waals surface area (Å²) in [5.41, 5.74) is 2.30. The van der Waals surface area contributed by atoms with Gasteiger partial charge in [0.15, 0.2) is 0 Å². The molecule has 0 fully saturated rings. The first-order chi connectivity index (χ1) is 9.10. The van der Waals surface area contributed by atoms with Crippen molar-refractivity contribution in [3.8, 4) is 0 Å². The van der Waals surface area contributed by atoms with E-state index in [1.54, 1.807) is 6.92 Å². The molecule has 0 amide bonds. The number of rotatable bonds is 5. The van der Waals surface area contributed by atoms with Crippen LogP contribution in [0.25, 0.3) is 11.0 Å². The number of carbonyl (C=O) groups is 1. The minimum atomic E-state index is -0.273. The van der Waals surface area contributed by atoms with Gasteiger partial charge in [0.1, 0.15) is 0 Å². The molecule has 6 heteroatoms. The topological polar surface area (TPSA) is 87.0 Å². The van der Waals surface area contributed by atoms with E-state index in [9.17, 15) is 9.59 Å². The van der Waals surface area contributed by atoms with E-state index in [-0.39, 0.29) is 24.2 Å². The van der Waals surface area contributed by atoms with Crippen LogP contribution >= 0.6 is 0 Å². The highest BCUT2D eigenvalue weighted by atomic mass is 16.5. The highest BCUT2D eigenvalue weighted by Gasteiger charge is 2.09. The summed E-state index contributed by atoms with van der Waals surface area (Å²) >= 11 is 0. The molecule has 6 nitrogen and oxygen atoms in total. The first kappa shape index (κ1) is 13.4. The standard InChI is InChI=1S/C13H17N3O3/c1-3-19-12(17)7-14-8(2)9-4-5-10-11(6-9)16-13(18)15-10/h4-6,8,14H,3,7H2,1-2H3,(H2,15,16,18). The third kappa shape index (κ3) is 3.23. The van der Waals surface area contributed by atoms with Crippen LogP contribution in [0.4, 0.5) is 0 Å². The van der Waals surface area contributed by atoms with Crippen LogP contribution in [-0.4, -0.2) is 29.1 Å². The second kappa shape index (κ2) is 5.71. The van der Waals surface area contributed by atoms with Gasteiger partial charge in [0, 0.05) is 6.04 Å². The average Bonchev–Trinajstić information content (AvgIpc) is 2.75. The van der Waals surface area contributed by atoms with Crippen molar-refractivity contribution in [1.82, 2.24) is 15.3 Å². The number of hydrogen-bond acceptors (Lipinski definition) is 4. The quantitative estimate of drug-likeness (QED) is 0.704. The van der Waals surface area contributed by atoms with Gasteiger partial charge in [-0.25, -0.2) is 4.79 Å². The Hall–Kier alpha value is -2.08. The number of benzene rings is 1. The van der Waals surface area contributed by atoms with Crippen molar-refractivity contribution < 1.29 is 9.53 Å². The van der Waals surface area contributed by atoms with Crippen molar-refractivity contribution in [1.29, 1.82) is 0 Å². The lowest BCUT2D eigenvalue weighted by Crippen LogP contribution is -2.27. The Balaban J connectivity index is 2.06. The number of fused-ring (bicyclic) bond motifs is 1. The van der Waals surface area contributed by atoms with Gasteiger partial charge >= 0.3 is 11.7 Å². The number of esters is 1. The molecule has 1 aromatic heterocycles. The summed E-state index contributed by atoms with van der Waals surface area (Å²) < 4.78 is 4.85. The van der Waals surface area contributed by atoms with Crippen molar-refractivity contribution in [2.24, 2.45) is 0 Å². The molecule has 0 bridgehead atoms. The van der Waals surface area contributed by atoms with E-state index in [0.717, 1.165) is 16.6 Å². The molecular formula is C13H17N3O3. The van der Waals surface area contributed by atoms with Crippen LogP contribution < -0.4 is 11.0 Å². The zero-order chi connectivity index (χ0) is 13.8. The SMILES string of the molecule is CCOC(=O)CNC(C)c1ccc2[nH]c(=O)[nH]c2c1. The summed E-state index contributed by atoms with van der Waals surface area (Å²) in [6.07, 6.45) is 0. The first-order valence-corrected chi connectivity index (χ1v) is 6.21. The fourth-order valence-electron chi connectivity index (χ4n) is 1.89. The fraction of sp³-hybridized carbons (Fsp3) is 0.385. The molecule has 0 saturated carbocycles. The average molecular weight is 263 g/mol. The summed E-state index contributed by atoms with van der Waals surface area (Å²) in [7, 11) is 0. The molecule has 102 valence electrons. The van der Waals surface area contributed by atoms with Gasteiger partial charge in [0.05, 0.1) is 24.2 Å². The molecule has 2 rings (SSSR count). The summed E-state index contributed by atoms with van der Waals surface area (Å²) in [4.78, 5) is 27.8. The zero-order valence-electron chi connectivity index (χ0n) is 10.9. The molecule has 0 spiro atoms.